The van der Waals surface area contributed by atoms with E-state index >= 15 is 0 Å². The third-order valence-electron chi connectivity index (χ3n) is 2.43. The summed E-state index contributed by atoms with van der Waals surface area (Å²) in [6, 6.07) is 2.11. The SMILES string of the molecule is COc1nccc2c1CCCC2. The van der Waals surface area contributed by atoms with E-state index < -0.39 is 0 Å². The highest BCUT2D eigenvalue weighted by atomic mass is 16.5. The molecule has 2 nitrogen and oxygen atoms in total. The Hall–Kier alpha value is -1.05. The first-order valence-electron chi connectivity index (χ1n) is 4.42. The summed E-state index contributed by atoms with van der Waals surface area (Å²) in [7, 11) is 1.69. The third-order valence-corrected chi connectivity index (χ3v) is 2.43. The van der Waals surface area contributed by atoms with Gasteiger partial charge in [-0.05, 0) is 37.3 Å². The van der Waals surface area contributed by atoms with Crippen molar-refractivity contribution >= 4 is 0 Å². The van der Waals surface area contributed by atoms with Gasteiger partial charge < -0.3 is 4.74 Å². The number of rotatable bonds is 1. The monoisotopic (exact) mass is 163 g/mol. The number of methoxy groups -OCH3 is 1. The second-order valence-corrected chi connectivity index (χ2v) is 3.17. The van der Waals surface area contributed by atoms with Crippen molar-refractivity contribution in [2.24, 2.45) is 0 Å². The summed E-state index contributed by atoms with van der Waals surface area (Å²) >= 11 is 0. The lowest BCUT2D eigenvalue weighted by Gasteiger charge is -2.16. The van der Waals surface area contributed by atoms with E-state index in [0.29, 0.717) is 0 Å². The molecule has 0 amide bonds. The Labute approximate surface area is 72.6 Å². The van der Waals surface area contributed by atoms with Crippen molar-refractivity contribution < 1.29 is 4.74 Å². The molecule has 2 heteroatoms. The molecule has 0 fully saturated rings. The van der Waals surface area contributed by atoms with E-state index in [1.165, 1.54) is 30.4 Å². The van der Waals surface area contributed by atoms with E-state index in [1.807, 2.05) is 6.20 Å². The number of fused-ring (bicyclic) bond motifs is 1. The van der Waals surface area contributed by atoms with Crippen molar-refractivity contribution in [1.29, 1.82) is 0 Å². The standard InChI is InChI=1S/C10H13NO/c1-12-10-9-5-3-2-4-8(9)6-7-11-10/h6-7H,2-5H2,1H3. The largest absolute Gasteiger partial charge is 0.481 e. The zero-order valence-corrected chi connectivity index (χ0v) is 7.34. The quantitative estimate of drug-likeness (QED) is 0.631. The van der Waals surface area contributed by atoms with E-state index in [1.54, 1.807) is 7.11 Å². The summed E-state index contributed by atoms with van der Waals surface area (Å²) in [5.74, 6) is 0.826. The molecule has 2 rings (SSSR count). The summed E-state index contributed by atoms with van der Waals surface area (Å²) in [6.45, 7) is 0. The Bertz CT molecular complexity index is 269. The molecule has 0 bridgehead atoms. The van der Waals surface area contributed by atoms with Gasteiger partial charge in [0.2, 0.25) is 5.88 Å². The van der Waals surface area contributed by atoms with Crippen LogP contribution in [-0.2, 0) is 12.8 Å². The molecule has 1 aliphatic carbocycles. The summed E-state index contributed by atoms with van der Waals surface area (Å²) in [6.07, 6.45) is 6.73. The molecule has 1 aromatic heterocycles. The maximum absolute atomic E-state index is 5.20. The molecule has 64 valence electrons. The van der Waals surface area contributed by atoms with E-state index in [9.17, 15) is 0 Å². The van der Waals surface area contributed by atoms with Crippen LogP contribution in [0.2, 0.25) is 0 Å². The van der Waals surface area contributed by atoms with Crippen LogP contribution in [0.25, 0.3) is 0 Å². The highest BCUT2D eigenvalue weighted by Crippen LogP contribution is 2.26. The fraction of sp³-hybridized carbons (Fsp3) is 0.500. The highest BCUT2D eigenvalue weighted by molar-refractivity contribution is 5.35. The van der Waals surface area contributed by atoms with Crippen LogP contribution in [0.5, 0.6) is 5.88 Å². The molecule has 0 unspecified atom stereocenters. The Morgan fingerprint density at radius 3 is 3.00 bits per heavy atom. The molecule has 0 saturated carbocycles. The Morgan fingerprint density at radius 1 is 1.33 bits per heavy atom. The van der Waals surface area contributed by atoms with Crippen molar-refractivity contribution in [2.75, 3.05) is 7.11 Å². The Balaban J connectivity index is 2.44. The number of nitrogens with zero attached hydrogens (tertiary/aromatic N) is 1. The maximum Gasteiger partial charge on any atom is 0.216 e. The average Bonchev–Trinajstić information content (AvgIpc) is 2.17. The molecule has 1 aliphatic rings. The molecule has 1 aromatic rings. The molecule has 0 spiro atoms. The first-order chi connectivity index (χ1) is 5.92. The lowest BCUT2D eigenvalue weighted by atomic mass is 9.93. The zero-order chi connectivity index (χ0) is 8.39. The highest BCUT2D eigenvalue weighted by Gasteiger charge is 2.13. The summed E-state index contributed by atoms with van der Waals surface area (Å²) in [5.41, 5.74) is 2.75. The molecule has 1 heterocycles. The minimum Gasteiger partial charge on any atom is -0.481 e. The molecule has 0 atom stereocenters. The van der Waals surface area contributed by atoms with E-state index in [2.05, 4.69) is 11.1 Å². The van der Waals surface area contributed by atoms with Crippen molar-refractivity contribution in [3.8, 4) is 5.88 Å². The minimum absolute atomic E-state index is 0.826. The van der Waals surface area contributed by atoms with Gasteiger partial charge in [-0.1, -0.05) is 0 Å². The van der Waals surface area contributed by atoms with Crippen LogP contribution in [0.3, 0.4) is 0 Å². The average molecular weight is 163 g/mol. The van der Waals surface area contributed by atoms with Crippen molar-refractivity contribution in [1.82, 2.24) is 4.98 Å². The molecule has 0 N–H and O–H groups in total. The van der Waals surface area contributed by atoms with Gasteiger partial charge in [-0.15, -0.1) is 0 Å². The van der Waals surface area contributed by atoms with Crippen LogP contribution in [0.1, 0.15) is 24.0 Å². The van der Waals surface area contributed by atoms with E-state index in [-0.39, 0.29) is 0 Å². The van der Waals surface area contributed by atoms with Gasteiger partial charge in [0.05, 0.1) is 7.11 Å². The minimum atomic E-state index is 0.826. The second kappa shape index (κ2) is 3.13. The molecule has 0 aliphatic heterocycles. The van der Waals surface area contributed by atoms with Gasteiger partial charge in [0.1, 0.15) is 0 Å². The van der Waals surface area contributed by atoms with Gasteiger partial charge in [-0.25, -0.2) is 4.98 Å². The van der Waals surface area contributed by atoms with Crippen molar-refractivity contribution in [2.45, 2.75) is 25.7 Å². The number of hydrogen-bond acceptors (Lipinski definition) is 2. The van der Waals surface area contributed by atoms with Gasteiger partial charge in [0.15, 0.2) is 0 Å². The molecule has 0 aromatic carbocycles. The Kier molecular flexibility index (Phi) is 1.98. The fourth-order valence-corrected chi connectivity index (χ4v) is 1.81. The summed E-state index contributed by atoms with van der Waals surface area (Å²) in [4.78, 5) is 4.19. The molecule has 12 heavy (non-hydrogen) atoms. The number of aryl methyl sites for hydroxylation is 1. The van der Waals surface area contributed by atoms with Crippen LogP contribution in [0.4, 0.5) is 0 Å². The van der Waals surface area contributed by atoms with Crippen LogP contribution in [0.15, 0.2) is 12.3 Å². The number of aromatic nitrogens is 1. The second-order valence-electron chi connectivity index (χ2n) is 3.17. The Morgan fingerprint density at radius 2 is 2.17 bits per heavy atom. The lowest BCUT2D eigenvalue weighted by Crippen LogP contribution is -2.05. The zero-order valence-electron chi connectivity index (χ0n) is 7.34. The molecular weight excluding hydrogens is 150 g/mol. The third kappa shape index (κ3) is 1.17. The lowest BCUT2D eigenvalue weighted by molar-refractivity contribution is 0.389. The number of hydrogen-bond donors (Lipinski definition) is 0. The fourth-order valence-electron chi connectivity index (χ4n) is 1.81. The molecule has 0 radical (unpaired) electrons. The van der Waals surface area contributed by atoms with Crippen LogP contribution < -0.4 is 4.74 Å². The molecule has 0 saturated heterocycles. The van der Waals surface area contributed by atoms with E-state index in [4.69, 9.17) is 4.74 Å². The normalized spacial score (nSPS) is 15.4. The van der Waals surface area contributed by atoms with Gasteiger partial charge in [0.25, 0.3) is 0 Å². The van der Waals surface area contributed by atoms with Gasteiger partial charge in [-0.2, -0.15) is 0 Å². The van der Waals surface area contributed by atoms with E-state index in [0.717, 1.165) is 12.3 Å². The predicted molar refractivity (Wildman–Crippen MR) is 47.4 cm³/mol. The first-order valence-corrected chi connectivity index (χ1v) is 4.42. The topological polar surface area (TPSA) is 22.1 Å². The molecular formula is C10H13NO. The van der Waals surface area contributed by atoms with Gasteiger partial charge in [-0.3, -0.25) is 0 Å². The van der Waals surface area contributed by atoms with Crippen molar-refractivity contribution in [3.63, 3.8) is 0 Å². The number of ether oxygens (including phenoxy) is 1. The van der Waals surface area contributed by atoms with Crippen LogP contribution in [0, 0.1) is 0 Å². The first kappa shape index (κ1) is 7.59. The number of pyridine rings is 1. The summed E-state index contributed by atoms with van der Waals surface area (Å²) < 4.78 is 5.20. The summed E-state index contributed by atoms with van der Waals surface area (Å²) in [5, 5.41) is 0. The van der Waals surface area contributed by atoms with Gasteiger partial charge in [0, 0.05) is 11.8 Å². The maximum atomic E-state index is 5.20. The van der Waals surface area contributed by atoms with Crippen molar-refractivity contribution in [3.05, 3.63) is 23.4 Å². The van der Waals surface area contributed by atoms with Crippen LogP contribution in [-0.4, -0.2) is 12.1 Å². The van der Waals surface area contributed by atoms with Crippen LogP contribution >= 0.6 is 0 Å². The predicted octanol–water partition coefficient (Wildman–Crippen LogP) is 1.97. The van der Waals surface area contributed by atoms with Gasteiger partial charge >= 0.3 is 0 Å². The smallest absolute Gasteiger partial charge is 0.216 e.